The fourth-order valence-corrected chi connectivity index (χ4v) is 3.52. The van der Waals surface area contributed by atoms with Crippen molar-refractivity contribution < 1.29 is 18.7 Å². The van der Waals surface area contributed by atoms with E-state index in [4.69, 9.17) is 4.74 Å². The van der Waals surface area contributed by atoms with Gasteiger partial charge < -0.3 is 15.4 Å². The van der Waals surface area contributed by atoms with Crippen LogP contribution in [0.25, 0.3) is 0 Å². The third-order valence-electron chi connectivity index (χ3n) is 4.99. The minimum Gasteiger partial charge on any atom is -0.483 e. The summed E-state index contributed by atoms with van der Waals surface area (Å²) in [6.07, 6.45) is 3.24. The Hall–Kier alpha value is -3.67. The SMILES string of the molecule is O=C(COc1ccccc1C(=O)Nc1ccc2c(c1)CCC2)Nc1ccccc1F. The molecular formula is C24H21FN2O3. The Morgan fingerprint density at radius 3 is 2.53 bits per heavy atom. The van der Waals surface area contributed by atoms with Crippen LogP contribution in [0.4, 0.5) is 15.8 Å². The highest BCUT2D eigenvalue weighted by Crippen LogP contribution is 2.26. The van der Waals surface area contributed by atoms with E-state index in [1.807, 2.05) is 18.2 Å². The van der Waals surface area contributed by atoms with Crippen molar-refractivity contribution in [3.63, 3.8) is 0 Å². The smallest absolute Gasteiger partial charge is 0.262 e. The van der Waals surface area contributed by atoms with Crippen LogP contribution >= 0.6 is 0 Å². The number of carbonyl (C=O) groups is 2. The molecular weight excluding hydrogens is 383 g/mol. The lowest BCUT2D eigenvalue weighted by Gasteiger charge is -2.13. The van der Waals surface area contributed by atoms with E-state index in [0.717, 1.165) is 24.9 Å². The topological polar surface area (TPSA) is 67.4 Å². The average Bonchev–Trinajstić information content (AvgIpc) is 3.22. The van der Waals surface area contributed by atoms with Gasteiger partial charge in [-0.3, -0.25) is 9.59 Å². The van der Waals surface area contributed by atoms with E-state index in [1.54, 1.807) is 30.3 Å². The number of benzene rings is 3. The highest BCUT2D eigenvalue weighted by molar-refractivity contribution is 6.06. The third-order valence-corrected chi connectivity index (χ3v) is 4.99. The van der Waals surface area contributed by atoms with Gasteiger partial charge >= 0.3 is 0 Å². The second-order valence-electron chi connectivity index (χ2n) is 7.10. The quantitative estimate of drug-likeness (QED) is 0.632. The van der Waals surface area contributed by atoms with Crippen LogP contribution in [0.15, 0.2) is 66.7 Å². The molecule has 6 heteroatoms. The van der Waals surface area contributed by atoms with Crippen LogP contribution in [-0.2, 0) is 17.6 Å². The van der Waals surface area contributed by atoms with Gasteiger partial charge in [-0.05, 0) is 66.8 Å². The molecule has 1 aliphatic carbocycles. The zero-order valence-corrected chi connectivity index (χ0v) is 16.3. The van der Waals surface area contributed by atoms with Gasteiger partial charge in [0, 0.05) is 5.69 Å². The number of hydrogen-bond donors (Lipinski definition) is 2. The number of rotatable bonds is 6. The molecule has 0 radical (unpaired) electrons. The molecule has 5 nitrogen and oxygen atoms in total. The van der Waals surface area contributed by atoms with Crippen LogP contribution in [0.1, 0.15) is 27.9 Å². The standard InChI is InChI=1S/C24H21FN2O3/c25-20-9-2-3-10-21(20)27-23(28)15-30-22-11-4-1-8-19(22)24(29)26-18-13-12-16-6-5-7-17(16)14-18/h1-4,8-14H,5-7,15H2,(H,26,29)(H,27,28). The Balaban J connectivity index is 1.41. The Morgan fingerprint density at radius 1 is 0.900 bits per heavy atom. The van der Waals surface area contributed by atoms with Crippen LogP contribution in [0.2, 0.25) is 0 Å². The molecule has 3 aromatic rings. The third kappa shape index (κ3) is 4.49. The zero-order valence-electron chi connectivity index (χ0n) is 16.3. The second-order valence-corrected chi connectivity index (χ2v) is 7.10. The average molecular weight is 404 g/mol. The van der Waals surface area contributed by atoms with Crippen molar-refractivity contribution in [3.8, 4) is 5.75 Å². The number of halogens is 1. The minimum absolute atomic E-state index is 0.0775. The maximum Gasteiger partial charge on any atom is 0.262 e. The Morgan fingerprint density at radius 2 is 1.67 bits per heavy atom. The number of aryl methyl sites for hydroxylation is 2. The molecule has 0 fully saturated rings. The molecule has 0 unspecified atom stereocenters. The molecule has 1 aliphatic rings. The molecule has 2 amide bonds. The highest BCUT2D eigenvalue weighted by atomic mass is 19.1. The summed E-state index contributed by atoms with van der Waals surface area (Å²) in [5, 5.41) is 5.35. The summed E-state index contributed by atoms with van der Waals surface area (Å²) >= 11 is 0. The van der Waals surface area contributed by atoms with E-state index in [9.17, 15) is 14.0 Å². The Bertz CT molecular complexity index is 1100. The van der Waals surface area contributed by atoms with Crippen molar-refractivity contribution in [1.29, 1.82) is 0 Å². The van der Waals surface area contributed by atoms with Gasteiger partial charge in [0.25, 0.3) is 11.8 Å². The number of anilines is 2. The van der Waals surface area contributed by atoms with Crippen LogP contribution in [0.5, 0.6) is 5.75 Å². The van der Waals surface area contributed by atoms with Gasteiger partial charge in [0.15, 0.2) is 6.61 Å². The summed E-state index contributed by atoms with van der Waals surface area (Å²) in [6.45, 7) is -0.350. The lowest BCUT2D eigenvalue weighted by Crippen LogP contribution is -2.22. The largest absolute Gasteiger partial charge is 0.483 e. The minimum atomic E-state index is -0.528. The summed E-state index contributed by atoms with van der Waals surface area (Å²) in [6, 6.07) is 18.5. The monoisotopic (exact) mass is 404 g/mol. The molecule has 0 spiro atoms. The number of hydrogen-bond acceptors (Lipinski definition) is 3. The van der Waals surface area contributed by atoms with Gasteiger partial charge in [0.2, 0.25) is 0 Å². The molecule has 0 atom stereocenters. The summed E-state index contributed by atoms with van der Waals surface area (Å²) < 4.78 is 19.2. The van der Waals surface area contributed by atoms with Gasteiger partial charge in [-0.2, -0.15) is 0 Å². The van der Waals surface area contributed by atoms with E-state index >= 15 is 0 Å². The molecule has 0 aromatic heterocycles. The Kier molecular flexibility index (Phi) is 5.75. The van der Waals surface area contributed by atoms with E-state index in [2.05, 4.69) is 10.6 Å². The van der Waals surface area contributed by atoms with Crippen LogP contribution in [0.3, 0.4) is 0 Å². The number of amides is 2. The second kappa shape index (κ2) is 8.78. The lowest BCUT2D eigenvalue weighted by atomic mass is 10.1. The first-order chi connectivity index (χ1) is 14.6. The van der Waals surface area contributed by atoms with Gasteiger partial charge in [-0.1, -0.05) is 30.3 Å². The fourth-order valence-electron chi connectivity index (χ4n) is 3.52. The maximum absolute atomic E-state index is 13.7. The van der Waals surface area contributed by atoms with Gasteiger partial charge in [-0.15, -0.1) is 0 Å². The number of carbonyl (C=O) groups excluding carboxylic acids is 2. The van der Waals surface area contributed by atoms with Gasteiger partial charge in [-0.25, -0.2) is 4.39 Å². The van der Waals surface area contributed by atoms with Crippen molar-refractivity contribution >= 4 is 23.2 Å². The molecule has 2 N–H and O–H groups in total. The van der Waals surface area contributed by atoms with Crippen LogP contribution in [-0.4, -0.2) is 18.4 Å². The predicted molar refractivity (Wildman–Crippen MR) is 113 cm³/mol. The normalized spacial score (nSPS) is 12.2. The van der Waals surface area contributed by atoms with Crippen molar-refractivity contribution in [2.75, 3.05) is 17.2 Å². The molecule has 0 aliphatic heterocycles. The molecule has 0 heterocycles. The molecule has 3 aromatic carbocycles. The molecule has 0 saturated heterocycles. The number of nitrogens with one attached hydrogen (secondary N) is 2. The summed E-state index contributed by atoms with van der Waals surface area (Å²) in [5.41, 5.74) is 3.72. The first-order valence-corrected chi connectivity index (χ1v) is 9.79. The van der Waals surface area contributed by atoms with Crippen molar-refractivity contribution in [2.45, 2.75) is 19.3 Å². The molecule has 4 rings (SSSR count). The van der Waals surface area contributed by atoms with E-state index in [0.29, 0.717) is 5.56 Å². The number of ether oxygens (including phenoxy) is 1. The predicted octanol–water partition coefficient (Wildman–Crippen LogP) is 4.58. The highest BCUT2D eigenvalue weighted by Gasteiger charge is 2.16. The van der Waals surface area contributed by atoms with Crippen LogP contribution < -0.4 is 15.4 Å². The van der Waals surface area contributed by atoms with Gasteiger partial charge in [0.05, 0.1) is 11.3 Å². The fraction of sp³-hybridized carbons (Fsp3) is 0.167. The molecule has 0 saturated carbocycles. The van der Waals surface area contributed by atoms with E-state index in [-0.39, 0.29) is 24.0 Å². The number of fused-ring (bicyclic) bond motifs is 1. The van der Waals surface area contributed by atoms with Crippen molar-refractivity contribution in [2.24, 2.45) is 0 Å². The first kappa shape index (κ1) is 19.6. The van der Waals surface area contributed by atoms with Crippen LogP contribution in [0, 0.1) is 5.82 Å². The number of para-hydroxylation sites is 2. The summed E-state index contributed by atoms with van der Waals surface area (Å²) in [7, 11) is 0. The van der Waals surface area contributed by atoms with Crippen molar-refractivity contribution in [1.82, 2.24) is 0 Å². The molecule has 152 valence electrons. The molecule has 0 bridgehead atoms. The van der Waals surface area contributed by atoms with Crippen molar-refractivity contribution in [3.05, 3.63) is 89.2 Å². The maximum atomic E-state index is 13.7. The lowest BCUT2D eigenvalue weighted by molar-refractivity contribution is -0.118. The van der Waals surface area contributed by atoms with E-state index < -0.39 is 11.7 Å². The molecule has 30 heavy (non-hydrogen) atoms. The Labute approximate surface area is 173 Å². The zero-order chi connectivity index (χ0) is 20.9. The summed E-state index contributed by atoms with van der Waals surface area (Å²) in [4.78, 5) is 24.9. The van der Waals surface area contributed by atoms with Gasteiger partial charge in [0.1, 0.15) is 11.6 Å². The first-order valence-electron chi connectivity index (χ1n) is 9.79. The van der Waals surface area contributed by atoms with E-state index in [1.165, 1.54) is 29.3 Å². The summed E-state index contributed by atoms with van der Waals surface area (Å²) in [5.74, 6) is -1.09.